The van der Waals surface area contributed by atoms with Gasteiger partial charge in [0.2, 0.25) is 0 Å². The maximum atomic E-state index is 6.49. The first-order valence-corrected chi connectivity index (χ1v) is 10.6. The number of benzene rings is 1. The van der Waals surface area contributed by atoms with E-state index in [2.05, 4.69) is 41.6 Å². The maximum Gasteiger partial charge on any atom is 2.00 e. The zero-order chi connectivity index (χ0) is 20.7. The molecule has 4 heteroatoms. The van der Waals surface area contributed by atoms with E-state index in [0.29, 0.717) is 0 Å². The molecule has 1 aliphatic heterocycles. The van der Waals surface area contributed by atoms with Crippen LogP contribution >= 0.6 is 0 Å². The molecule has 1 heterocycles. The van der Waals surface area contributed by atoms with Crippen LogP contribution in [0.25, 0.3) is 5.43 Å². The topological polar surface area (TPSA) is 43.4 Å². The van der Waals surface area contributed by atoms with Gasteiger partial charge in [-0.3, -0.25) is 0 Å². The molecule has 2 aromatic carbocycles. The average molecular weight is 449 g/mol. The Morgan fingerprint density at radius 3 is 2.23 bits per heavy atom. The van der Waals surface area contributed by atoms with Gasteiger partial charge in [-0.05, 0) is 30.5 Å². The first kappa shape index (κ1) is 22.8. The van der Waals surface area contributed by atoms with Crippen LogP contribution in [-0.4, -0.2) is 5.54 Å². The van der Waals surface area contributed by atoms with Crippen LogP contribution in [0.5, 0.6) is 0 Å². The molecule has 0 aromatic heterocycles. The molecule has 2 N–H and O–H groups in total. The van der Waals surface area contributed by atoms with E-state index in [4.69, 9.17) is 5.73 Å². The van der Waals surface area contributed by atoms with Crippen LogP contribution in [0.4, 0.5) is 5.69 Å². The summed E-state index contributed by atoms with van der Waals surface area (Å²) in [5.41, 5.74) is 14.9. The van der Waals surface area contributed by atoms with Crippen molar-refractivity contribution in [3.63, 3.8) is 0 Å². The molecule has 0 unspecified atom stereocenters. The molecule has 2 aromatic rings. The molecule has 3 nitrogen and oxygen atoms in total. The summed E-state index contributed by atoms with van der Waals surface area (Å²) in [6, 6.07) is 20.2. The standard InChI is InChI=1S/C22H22N3.C5H5.Fe/c23-22(14-7-2-8-15-22)16-13-19-17-24-25(20-11-3-1-4-12-20)21(19)18-9-5-6-10-18;1-2-4-5-3-1;/h1,3-6,9-12,17H,2,7-8,14-15,23H2;1-5H;/q2*-1;+2. The van der Waals surface area contributed by atoms with Crippen molar-refractivity contribution in [3.8, 4) is 11.8 Å². The minimum Gasteiger partial charge on any atom is -0.595 e. The van der Waals surface area contributed by atoms with Gasteiger partial charge in [0.05, 0.1) is 5.54 Å². The second kappa shape index (κ2) is 11.0. The van der Waals surface area contributed by atoms with E-state index in [-0.39, 0.29) is 22.6 Å². The summed E-state index contributed by atoms with van der Waals surface area (Å²) in [4.78, 5) is 0. The summed E-state index contributed by atoms with van der Waals surface area (Å²) in [7, 11) is 0. The van der Waals surface area contributed by atoms with E-state index in [0.717, 1.165) is 35.4 Å². The average Bonchev–Trinajstić information content (AvgIpc) is 3.57. The van der Waals surface area contributed by atoms with Crippen molar-refractivity contribution in [2.45, 2.75) is 37.6 Å². The molecule has 0 atom stereocenters. The molecule has 2 aliphatic carbocycles. The SMILES string of the molecule is NC1(C#CC2=C[N-]N(c3ccccc3)C2=C2C=CC=C2)CCCCC1.[Fe+2].c1cc[cH-]c1. The van der Waals surface area contributed by atoms with Crippen LogP contribution in [0.2, 0.25) is 0 Å². The quantitative estimate of drug-likeness (QED) is 0.324. The number of nitrogens with two attached hydrogens (primary N) is 1. The molecule has 158 valence electrons. The molecule has 0 spiro atoms. The van der Waals surface area contributed by atoms with Gasteiger partial charge in [0.1, 0.15) is 0 Å². The Balaban J connectivity index is 0.000000401. The van der Waals surface area contributed by atoms with Gasteiger partial charge in [-0.15, -0.1) is 6.20 Å². The Bertz CT molecular complexity index is 980. The van der Waals surface area contributed by atoms with Crippen LogP contribution in [0.3, 0.4) is 0 Å². The zero-order valence-electron chi connectivity index (χ0n) is 17.5. The first-order chi connectivity index (χ1) is 14.8. The van der Waals surface area contributed by atoms with Crippen molar-refractivity contribution in [2.75, 3.05) is 5.01 Å². The van der Waals surface area contributed by atoms with Crippen molar-refractivity contribution in [2.24, 2.45) is 5.73 Å². The second-order valence-electron chi connectivity index (χ2n) is 7.76. The third-order valence-electron chi connectivity index (χ3n) is 5.45. The number of hydrogen-bond donors (Lipinski definition) is 1. The fourth-order valence-electron chi connectivity index (χ4n) is 3.83. The van der Waals surface area contributed by atoms with Gasteiger partial charge in [0.25, 0.3) is 0 Å². The number of allylic oxidation sites excluding steroid dienone is 6. The summed E-state index contributed by atoms with van der Waals surface area (Å²) in [6.45, 7) is 0. The molecule has 0 saturated heterocycles. The molecular formula is C27H27FeN3. The fraction of sp³-hybridized carbons (Fsp3) is 0.222. The van der Waals surface area contributed by atoms with Crippen molar-refractivity contribution >= 4 is 5.69 Å². The van der Waals surface area contributed by atoms with Crippen LogP contribution in [0, 0.1) is 11.8 Å². The third-order valence-corrected chi connectivity index (χ3v) is 5.45. The summed E-state index contributed by atoms with van der Waals surface area (Å²) < 4.78 is 0. The predicted octanol–water partition coefficient (Wildman–Crippen LogP) is 6.13. The molecule has 0 radical (unpaired) electrons. The number of nitrogens with zero attached hydrogens (tertiary/aromatic N) is 2. The van der Waals surface area contributed by atoms with Gasteiger partial charge >= 0.3 is 17.1 Å². The van der Waals surface area contributed by atoms with Gasteiger partial charge in [-0.2, -0.15) is 18.2 Å². The van der Waals surface area contributed by atoms with Crippen molar-refractivity contribution in [3.05, 3.63) is 113 Å². The van der Waals surface area contributed by atoms with Gasteiger partial charge in [0.15, 0.2) is 0 Å². The Morgan fingerprint density at radius 2 is 1.61 bits per heavy atom. The van der Waals surface area contributed by atoms with Crippen LogP contribution in [0.1, 0.15) is 32.1 Å². The van der Waals surface area contributed by atoms with Gasteiger partial charge < -0.3 is 16.2 Å². The van der Waals surface area contributed by atoms with Crippen LogP contribution < -0.4 is 10.7 Å². The molecular weight excluding hydrogens is 422 g/mol. The number of hydrogen-bond acceptors (Lipinski definition) is 2. The predicted molar refractivity (Wildman–Crippen MR) is 125 cm³/mol. The van der Waals surface area contributed by atoms with Gasteiger partial charge in [-0.1, -0.05) is 73.6 Å². The monoisotopic (exact) mass is 449 g/mol. The van der Waals surface area contributed by atoms with Gasteiger partial charge in [0, 0.05) is 17.0 Å². The molecule has 1 saturated carbocycles. The molecule has 0 amide bonds. The largest absolute Gasteiger partial charge is 2.00 e. The molecule has 5 rings (SSSR count). The van der Waals surface area contributed by atoms with Crippen LogP contribution in [-0.2, 0) is 17.1 Å². The van der Waals surface area contributed by atoms with E-state index in [9.17, 15) is 0 Å². The third kappa shape index (κ3) is 5.87. The van der Waals surface area contributed by atoms with E-state index < -0.39 is 0 Å². The Morgan fingerprint density at radius 1 is 0.935 bits per heavy atom. The zero-order valence-corrected chi connectivity index (χ0v) is 18.6. The summed E-state index contributed by atoms with van der Waals surface area (Å²) >= 11 is 0. The Kier molecular flexibility index (Phi) is 8.09. The van der Waals surface area contributed by atoms with E-state index in [1.54, 1.807) is 0 Å². The summed E-state index contributed by atoms with van der Waals surface area (Å²) in [6.07, 6.45) is 15.7. The van der Waals surface area contributed by atoms with E-state index >= 15 is 0 Å². The van der Waals surface area contributed by atoms with Crippen molar-refractivity contribution in [1.82, 2.24) is 0 Å². The van der Waals surface area contributed by atoms with Crippen molar-refractivity contribution < 1.29 is 17.1 Å². The second-order valence-corrected chi connectivity index (χ2v) is 7.76. The first-order valence-electron chi connectivity index (χ1n) is 10.6. The molecule has 31 heavy (non-hydrogen) atoms. The Hall–Kier alpha value is -2.83. The van der Waals surface area contributed by atoms with Gasteiger partial charge in [-0.25, -0.2) is 12.1 Å². The smallest absolute Gasteiger partial charge is 0.595 e. The van der Waals surface area contributed by atoms with E-state index in [1.165, 1.54) is 19.3 Å². The van der Waals surface area contributed by atoms with Crippen LogP contribution in [0.15, 0.2) is 108 Å². The molecule has 1 fully saturated rings. The summed E-state index contributed by atoms with van der Waals surface area (Å²) in [5, 5.41) is 1.96. The molecule has 0 bridgehead atoms. The normalized spacial score (nSPS) is 18.2. The van der Waals surface area contributed by atoms with E-state index in [1.807, 2.05) is 71.9 Å². The number of rotatable bonds is 1. The number of para-hydroxylation sites is 1. The summed E-state index contributed by atoms with van der Waals surface area (Å²) in [5.74, 6) is 6.70. The Labute approximate surface area is 196 Å². The minimum atomic E-state index is -0.351. The number of anilines is 1. The molecule has 3 aliphatic rings. The fourth-order valence-corrected chi connectivity index (χ4v) is 3.83. The maximum absolute atomic E-state index is 6.49. The minimum absolute atomic E-state index is 0. The van der Waals surface area contributed by atoms with Crippen molar-refractivity contribution in [1.29, 1.82) is 0 Å².